The van der Waals surface area contributed by atoms with Crippen LogP contribution in [-0.2, 0) is 20.8 Å². The Labute approximate surface area is 189 Å². The van der Waals surface area contributed by atoms with Gasteiger partial charge in [0.1, 0.15) is 5.92 Å². The Bertz CT molecular complexity index is 1070. The summed E-state index contributed by atoms with van der Waals surface area (Å²) in [5, 5.41) is 8.62. The van der Waals surface area contributed by atoms with E-state index >= 15 is 0 Å². The maximum absolute atomic E-state index is 13.1. The van der Waals surface area contributed by atoms with E-state index in [4.69, 9.17) is 12.2 Å². The average molecular weight is 453 g/mol. The van der Waals surface area contributed by atoms with Crippen LogP contribution in [0.1, 0.15) is 12.5 Å². The molecule has 2 atom stereocenters. The van der Waals surface area contributed by atoms with E-state index in [2.05, 4.69) is 22.9 Å². The number of anilines is 2. The summed E-state index contributed by atoms with van der Waals surface area (Å²) < 4.78 is 0. The number of nitrogens with zero attached hydrogens (tertiary/aromatic N) is 1. The van der Waals surface area contributed by atoms with Gasteiger partial charge in [0.15, 0.2) is 10.6 Å². The smallest absolute Gasteiger partial charge is 0.259 e. The molecule has 0 radical (unpaired) electrons. The van der Waals surface area contributed by atoms with E-state index in [-0.39, 0.29) is 11.0 Å². The van der Waals surface area contributed by atoms with Crippen LogP contribution in [0.4, 0.5) is 11.4 Å². The molecule has 2 heterocycles. The Balaban J connectivity index is 1.51. The van der Waals surface area contributed by atoms with Gasteiger partial charge in [0.25, 0.3) is 5.91 Å². The van der Waals surface area contributed by atoms with Crippen LogP contribution in [0, 0.1) is 5.92 Å². The van der Waals surface area contributed by atoms with Crippen LogP contribution >= 0.6 is 24.0 Å². The number of carbonyl (C=O) groups excluding carboxylic acids is 3. The Hall–Kier alpha value is -3.17. The summed E-state index contributed by atoms with van der Waals surface area (Å²) in [6.07, 6.45) is 2.35. The molecule has 2 aromatic carbocycles. The summed E-state index contributed by atoms with van der Waals surface area (Å²) in [6.45, 7) is 2.08. The van der Waals surface area contributed by atoms with Gasteiger partial charge in [-0.1, -0.05) is 49.0 Å². The van der Waals surface area contributed by atoms with Crippen molar-refractivity contribution in [3.63, 3.8) is 0 Å². The fourth-order valence-corrected chi connectivity index (χ4v) is 4.57. The van der Waals surface area contributed by atoms with Crippen LogP contribution < -0.4 is 20.9 Å². The molecule has 2 fully saturated rings. The second-order valence-corrected chi connectivity index (χ2v) is 8.51. The monoisotopic (exact) mass is 452 g/mol. The summed E-state index contributed by atoms with van der Waals surface area (Å²) in [5.41, 5.74) is 2.24. The van der Waals surface area contributed by atoms with Crippen LogP contribution in [0.15, 0.2) is 65.6 Å². The zero-order valence-electron chi connectivity index (χ0n) is 16.6. The van der Waals surface area contributed by atoms with Crippen LogP contribution in [0.2, 0.25) is 0 Å². The van der Waals surface area contributed by atoms with Gasteiger partial charge in [-0.25, -0.2) is 0 Å². The molecule has 2 aliphatic heterocycles. The molecule has 0 bridgehead atoms. The van der Waals surface area contributed by atoms with Crippen molar-refractivity contribution in [2.45, 2.75) is 18.8 Å². The van der Waals surface area contributed by atoms with Crippen molar-refractivity contribution in [1.82, 2.24) is 10.6 Å². The lowest BCUT2D eigenvalue weighted by Gasteiger charge is -2.31. The van der Waals surface area contributed by atoms with Gasteiger partial charge < -0.3 is 16.0 Å². The van der Waals surface area contributed by atoms with E-state index in [1.165, 1.54) is 28.3 Å². The molecule has 31 heavy (non-hydrogen) atoms. The van der Waals surface area contributed by atoms with Gasteiger partial charge in [0, 0.05) is 5.69 Å². The summed E-state index contributed by atoms with van der Waals surface area (Å²) in [7, 11) is 0. The molecular weight excluding hydrogens is 432 g/mol. The molecule has 0 aromatic heterocycles. The molecule has 4 rings (SSSR count). The van der Waals surface area contributed by atoms with E-state index < -0.39 is 23.2 Å². The van der Waals surface area contributed by atoms with Crippen molar-refractivity contribution < 1.29 is 14.4 Å². The van der Waals surface area contributed by atoms with Crippen LogP contribution in [0.3, 0.4) is 0 Å². The predicted molar refractivity (Wildman–Crippen MR) is 125 cm³/mol. The first-order valence-corrected chi connectivity index (χ1v) is 11.0. The number of thioether (sulfide) groups is 1. The maximum Gasteiger partial charge on any atom is 0.259 e. The van der Waals surface area contributed by atoms with Gasteiger partial charge in [-0.05, 0) is 54.5 Å². The minimum Gasteiger partial charge on any atom is -0.357 e. The molecule has 0 unspecified atom stereocenters. The Morgan fingerprint density at radius 3 is 2.48 bits per heavy atom. The van der Waals surface area contributed by atoms with Crippen LogP contribution in [-0.4, -0.2) is 28.3 Å². The predicted octanol–water partition coefficient (Wildman–Crippen LogP) is 2.76. The third-order valence-corrected chi connectivity index (χ3v) is 6.26. The number of aryl methyl sites for hydroxylation is 1. The van der Waals surface area contributed by atoms with Crippen molar-refractivity contribution in [3.05, 3.63) is 71.1 Å². The van der Waals surface area contributed by atoms with Crippen molar-refractivity contribution in [1.29, 1.82) is 0 Å². The zero-order chi connectivity index (χ0) is 22.0. The highest BCUT2D eigenvalue weighted by Crippen LogP contribution is 2.31. The summed E-state index contributed by atoms with van der Waals surface area (Å²) in [6, 6.07) is 16.8. The summed E-state index contributed by atoms with van der Waals surface area (Å²) in [4.78, 5) is 39.6. The molecule has 3 N–H and O–H groups in total. The topological polar surface area (TPSA) is 90.5 Å². The van der Waals surface area contributed by atoms with E-state index in [9.17, 15) is 14.4 Å². The molecule has 158 valence electrons. The van der Waals surface area contributed by atoms with Crippen molar-refractivity contribution in [2.75, 3.05) is 10.2 Å². The number of carbonyl (C=O) groups is 3. The second-order valence-electron chi connectivity index (χ2n) is 6.98. The van der Waals surface area contributed by atoms with Crippen molar-refractivity contribution in [3.8, 4) is 0 Å². The summed E-state index contributed by atoms with van der Waals surface area (Å²) >= 11 is 6.41. The average Bonchev–Trinajstić information content (AvgIpc) is 3.11. The van der Waals surface area contributed by atoms with E-state index in [0.717, 1.165) is 12.1 Å². The number of nitrogens with one attached hydrogen (secondary N) is 3. The SMILES string of the molecule is CCc1ccc(N[C@H]2NC(=O)/C(=C/[C@H]3C(=O)NC(=S)N(c4ccccc4)C3=O)S2)cc1. The van der Waals surface area contributed by atoms with Gasteiger partial charge in [-0.15, -0.1) is 0 Å². The number of hydrogen-bond acceptors (Lipinski definition) is 6. The lowest BCUT2D eigenvalue weighted by atomic mass is 10.0. The van der Waals surface area contributed by atoms with E-state index in [1.807, 2.05) is 30.3 Å². The standard InChI is InChI=1S/C22H20N4O3S2/c1-2-13-8-10-14(11-9-13)23-21-24-19(28)17(31-21)12-16-18(27)25-22(30)26(20(16)29)15-6-4-3-5-7-15/h3-12,16,21,23H,2H2,1H3,(H,24,28)(H,25,27,30)/b17-12-/t16-,21-/m0/s1. The van der Waals surface area contributed by atoms with E-state index in [0.29, 0.717) is 10.6 Å². The summed E-state index contributed by atoms with van der Waals surface area (Å²) in [5.74, 6) is -2.53. The lowest BCUT2D eigenvalue weighted by Crippen LogP contribution is -2.57. The van der Waals surface area contributed by atoms with Crippen molar-refractivity contribution >= 4 is 58.2 Å². The quantitative estimate of drug-likeness (QED) is 0.367. The minimum absolute atomic E-state index is 0.0226. The molecule has 2 aromatic rings. The number of rotatable bonds is 5. The fourth-order valence-electron chi connectivity index (χ4n) is 3.28. The van der Waals surface area contributed by atoms with Gasteiger partial charge in [0.05, 0.1) is 10.6 Å². The zero-order valence-corrected chi connectivity index (χ0v) is 18.3. The second kappa shape index (κ2) is 8.91. The molecule has 0 aliphatic carbocycles. The van der Waals surface area contributed by atoms with Crippen LogP contribution in [0.25, 0.3) is 0 Å². The van der Waals surface area contributed by atoms with Gasteiger partial charge >= 0.3 is 0 Å². The lowest BCUT2D eigenvalue weighted by molar-refractivity contribution is -0.131. The third kappa shape index (κ3) is 4.47. The molecule has 7 nitrogen and oxygen atoms in total. The molecular formula is C22H20N4O3S2. The van der Waals surface area contributed by atoms with Crippen LogP contribution in [0.5, 0.6) is 0 Å². The first-order valence-electron chi connectivity index (χ1n) is 9.75. The first kappa shape index (κ1) is 21.1. The minimum atomic E-state index is -1.15. The molecule has 2 saturated heterocycles. The number of amides is 3. The molecule has 0 spiro atoms. The normalized spacial score (nSPS) is 22.5. The van der Waals surface area contributed by atoms with Gasteiger partial charge in [-0.3, -0.25) is 19.3 Å². The van der Waals surface area contributed by atoms with Crippen molar-refractivity contribution in [2.24, 2.45) is 5.92 Å². The Morgan fingerprint density at radius 1 is 1.10 bits per heavy atom. The largest absolute Gasteiger partial charge is 0.357 e. The fraction of sp³-hybridized carbons (Fsp3) is 0.182. The molecule has 9 heteroatoms. The Kier molecular flexibility index (Phi) is 6.06. The van der Waals surface area contributed by atoms with Gasteiger partial charge in [0.2, 0.25) is 11.8 Å². The third-order valence-electron chi connectivity index (χ3n) is 4.93. The number of hydrogen-bond donors (Lipinski definition) is 3. The Morgan fingerprint density at radius 2 is 1.81 bits per heavy atom. The number of thiocarbonyl (C=S) groups is 1. The maximum atomic E-state index is 13.1. The number of benzene rings is 2. The highest BCUT2D eigenvalue weighted by Gasteiger charge is 2.40. The van der Waals surface area contributed by atoms with E-state index in [1.54, 1.807) is 24.3 Å². The molecule has 0 saturated carbocycles. The number of para-hydroxylation sites is 1. The highest BCUT2D eigenvalue weighted by molar-refractivity contribution is 8.05. The highest BCUT2D eigenvalue weighted by atomic mass is 32.2. The molecule has 3 amide bonds. The van der Waals surface area contributed by atoms with Gasteiger partial charge in [-0.2, -0.15) is 0 Å². The molecule has 2 aliphatic rings. The first-order chi connectivity index (χ1) is 15.0.